The number of amidine groups is 1. The summed E-state index contributed by atoms with van der Waals surface area (Å²) in [5.74, 6) is -3.77. The Morgan fingerprint density at radius 1 is 1.16 bits per heavy atom. The molecule has 0 radical (unpaired) electrons. The standard InChI is InChI=1S/C21H25F2N5O2S/c1-20(2,3)15-7-9-16(10-8-15)26-18-21(22,23)13-25-19(28-18)27-17-6-4-5-14(11-17)12-31(24,29)30/h4,6-12H,5,13H2,1-3H3,(H2,24,29,30)(H2,25,26,27,28)/b14-12+. The van der Waals surface area contributed by atoms with Crippen molar-refractivity contribution in [2.75, 3.05) is 11.9 Å². The van der Waals surface area contributed by atoms with E-state index < -0.39 is 28.3 Å². The molecule has 10 heteroatoms. The predicted octanol–water partition coefficient (Wildman–Crippen LogP) is 3.41. The molecule has 0 amide bonds. The molecule has 1 aliphatic heterocycles. The number of nitrogens with two attached hydrogens (primary N) is 1. The second-order valence-corrected chi connectivity index (χ2v) is 9.78. The van der Waals surface area contributed by atoms with Crippen LogP contribution in [0.4, 0.5) is 14.5 Å². The van der Waals surface area contributed by atoms with Gasteiger partial charge in [0.25, 0.3) is 0 Å². The molecule has 166 valence electrons. The number of alkyl halides is 2. The Morgan fingerprint density at radius 3 is 2.45 bits per heavy atom. The Bertz CT molecular complexity index is 1110. The van der Waals surface area contributed by atoms with Crippen LogP contribution < -0.4 is 15.8 Å². The van der Waals surface area contributed by atoms with Crippen LogP contribution in [0.25, 0.3) is 0 Å². The number of hydrogen-bond acceptors (Lipinski definition) is 6. The molecule has 0 spiro atoms. The van der Waals surface area contributed by atoms with Gasteiger partial charge in [-0.05, 0) is 47.3 Å². The predicted molar refractivity (Wildman–Crippen MR) is 120 cm³/mol. The molecule has 1 heterocycles. The average molecular weight is 450 g/mol. The molecule has 1 aromatic rings. The highest BCUT2D eigenvalue weighted by molar-refractivity contribution is 7.92. The first-order valence-corrected chi connectivity index (χ1v) is 11.2. The molecule has 0 saturated heterocycles. The molecule has 4 N–H and O–H groups in total. The van der Waals surface area contributed by atoms with Gasteiger partial charge in [-0.2, -0.15) is 13.8 Å². The van der Waals surface area contributed by atoms with Gasteiger partial charge in [0.2, 0.25) is 16.0 Å². The maximum absolute atomic E-state index is 14.4. The van der Waals surface area contributed by atoms with Crippen molar-refractivity contribution in [3.05, 3.63) is 64.7 Å². The summed E-state index contributed by atoms with van der Waals surface area (Å²) in [6.45, 7) is 5.45. The van der Waals surface area contributed by atoms with E-state index in [9.17, 15) is 17.2 Å². The van der Waals surface area contributed by atoms with Gasteiger partial charge < -0.3 is 10.6 Å². The number of sulfonamides is 1. The van der Waals surface area contributed by atoms with Crippen molar-refractivity contribution in [3.63, 3.8) is 0 Å². The summed E-state index contributed by atoms with van der Waals surface area (Å²) in [5, 5.41) is 11.5. The highest BCUT2D eigenvalue weighted by atomic mass is 32.2. The molecule has 3 rings (SSSR count). The minimum absolute atomic E-state index is 0.00695. The van der Waals surface area contributed by atoms with Crippen LogP contribution in [0.1, 0.15) is 32.8 Å². The fraction of sp³-hybridized carbons (Fsp3) is 0.333. The molecule has 2 aliphatic rings. The zero-order valence-electron chi connectivity index (χ0n) is 17.5. The largest absolute Gasteiger partial charge is 0.339 e. The number of anilines is 1. The van der Waals surface area contributed by atoms with Gasteiger partial charge in [-0.15, -0.1) is 0 Å². The fourth-order valence-electron chi connectivity index (χ4n) is 2.98. The number of hydrogen-bond donors (Lipinski definition) is 3. The minimum Gasteiger partial charge on any atom is -0.339 e. The smallest absolute Gasteiger partial charge is 0.323 e. The van der Waals surface area contributed by atoms with E-state index in [1.165, 1.54) is 0 Å². The Morgan fingerprint density at radius 2 is 1.84 bits per heavy atom. The molecule has 1 aliphatic carbocycles. The molecular formula is C21H25F2N5O2S. The third-order valence-electron chi connectivity index (χ3n) is 4.57. The number of nitrogens with one attached hydrogen (secondary N) is 2. The van der Waals surface area contributed by atoms with Crippen LogP contribution in [0, 0.1) is 0 Å². The summed E-state index contributed by atoms with van der Waals surface area (Å²) in [6, 6.07) is 7.23. The van der Waals surface area contributed by atoms with Gasteiger partial charge in [0, 0.05) is 16.8 Å². The fourth-order valence-corrected chi connectivity index (χ4v) is 3.56. The van der Waals surface area contributed by atoms with Crippen LogP contribution in [0.15, 0.2) is 69.2 Å². The monoisotopic (exact) mass is 449 g/mol. The highest BCUT2D eigenvalue weighted by Gasteiger charge is 2.39. The minimum atomic E-state index is -3.79. The summed E-state index contributed by atoms with van der Waals surface area (Å²) in [6.07, 6.45) is 5.33. The maximum Gasteiger partial charge on any atom is 0.323 e. The van der Waals surface area contributed by atoms with Gasteiger partial charge >= 0.3 is 5.92 Å². The molecular weight excluding hydrogens is 424 g/mol. The second-order valence-electron chi connectivity index (χ2n) is 8.37. The van der Waals surface area contributed by atoms with Crippen molar-refractivity contribution >= 4 is 27.5 Å². The molecule has 0 bridgehead atoms. The number of guanidine groups is 1. The van der Waals surface area contributed by atoms with Gasteiger partial charge in [-0.1, -0.05) is 39.0 Å². The number of primary sulfonamides is 1. The van der Waals surface area contributed by atoms with Crippen LogP contribution in [0.3, 0.4) is 0 Å². The van der Waals surface area contributed by atoms with Gasteiger partial charge in [0.1, 0.15) is 6.54 Å². The summed E-state index contributed by atoms with van der Waals surface area (Å²) >= 11 is 0. The van der Waals surface area contributed by atoms with Crippen LogP contribution in [0.5, 0.6) is 0 Å². The number of benzene rings is 1. The van der Waals surface area contributed by atoms with E-state index in [1.807, 2.05) is 12.1 Å². The van der Waals surface area contributed by atoms with E-state index in [-0.39, 0.29) is 11.4 Å². The molecule has 0 aromatic heterocycles. The van der Waals surface area contributed by atoms with E-state index >= 15 is 0 Å². The van der Waals surface area contributed by atoms with E-state index in [1.54, 1.807) is 30.4 Å². The lowest BCUT2D eigenvalue weighted by Crippen LogP contribution is -2.43. The third kappa shape index (κ3) is 6.31. The third-order valence-corrected chi connectivity index (χ3v) is 5.20. The summed E-state index contributed by atoms with van der Waals surface area (Å²) in [4.78, 5) is 7.76. The number of nitrogens with zero attached hydrogens (tertiary/aromatic N) is 2. The molecule has 0 atom stereocenters. The topological polar surface area (TPSA) is 109 Å². The van der Waals surface area contributed by atoms with Crippen molar-refractivity contribution in [3.8, 4) is 0 Å². The summed E-state index contributed by atoms with van der Waals surface area (Å²) in [5.41, 5.74) is 2.44. The normalized spacial score (nSPS) is 20.1. The molecule has 0 fully saturated rings. The first-order valence-electron chi connectivity index (χ1n) is 9.59. The van der Waals surface area contributed by atoms with Crippen LogP contribution >= 0.6 is 0 Å². The second kappa shape index (κ2) is 8.35. The lowest BCUT2D eigenvalue weighted by atomic mass is 9.87. The highest BCUT2D eigenvalue weighted by Crippen LogP contribution is 2.26. The van der Waals surface area contributed by atoms with E-state index in [0.29, 0.717) is 23.4 Å². The maximum atomic E-state index is 14.4. The zero-order valence-corrected chi connectivity index (χ0v) is 18.3. The lowest BCUT2D eigenvalue weighted by Gasteiger charge is -2.24. The number of aliphatic imine (C=N–C) groups is 2. The molecule has 7 nitrogen and oxygen atoms in total. The van der Waals surface area contributed by atoms with E-state index in [0.717, 1.165) is 11.0 Å². The Labute approximate surface area is 180 Å². The molecule has 0 saturated carbocycles. The number of rotatable bonds is 3. The Kier molecular flexibility index (Phi) is 6.15. The van der Waals surface area contributed by atoms with Gasteiger partial charge in [0.15, 0.2) is 5.84 Å². The van der Waals surface area contributed by atoms with Crippen LogP contribution in [-0.4, -0.2) is 32.7 Å². The SMILES string of the molecule is CC(C)(C)c1ccc(NC2=NC(NC3=C/C(=C/S(N)(=O)=O)CC=C3)=NCC2(F)F)cc1. The Balaban J connectivity index is 1.79. The first-order chi connectivity index (χ1) is 14.3. The van der Waals surface area contributed by atoms with Gasteiger partial charge in [-0.3, -0.25) is 0 Å². The van der Waals surface area contributed by atoms with Crippen molar-refractivity contribution in [2.45, 2.75) is 38.5 Å². The van der Waals surface area contributed by atoms with Gasteiger partial charge in [0.05, 0.1) is 0 Å². The Hall–Kier alpha value is -2.85. The van der Waals surface area contributed by atoms with Gasteiger partial charge in [-0.25, -0.2) is 18.5 Å². The molecule has 0 unspecified atom stereocenters. The summed E-state index contributed by atoms with van der Waals surface area (Å²) < 4.78 is 51.3. The van der Waals surface area contributed by atoms with Crippen molar-refractivity contribution in [1.29, 1.82) is 0 Å². The van der Waals surface area contributed by atoms with Crippen molar-refractivity contribution in [2.24, 2.45) is 15.1 Å². The van der Waals surface area contributed by atoms with Crippen LogP contribution in [-0.2, 0) is 15.4 Å². The van der Waals surface area contributed by atoms with Crippen molar-refractivity contribution < 1.29 is 17.2 Å². The van der Waals surface area contributed by atoms with Crippen LogP contribution in [0.2, 0.25) is 0 Å². The average Bonchev–Trinajstić information content (AvgIpc) is 2.63. The summed E-state index contributed by atoms with van der Waals surface area (Å²) in [7, 11) is -3.79. The van der Waals surface area contributed by atoms with E-state index in [4.69, 9.17) is 5.14 Å². The molecule has 31 heavy (non-hydrogen) atoms. The van der Waals surface area contributed by atoms with E-state index in [2.05, 4.69) is 41.4 Å². The first kappa shape index (κ1) is 22.8. The molecule has 1 aromatic carbocycles. The quantitative estimate of drug-likeness (QED) is 0.657. The number of allylic oxidation sites excluding steroid dienone is 4. The van der Waals surface area contributed by atoms with Crippen molar-refractivity contribution in [1.82, 2.24) is 5.32 Å². The lowest BCUT2D eigenvalue weighted by molar-refractivity contribution is 0.0870. The zero-order chi connectivity index (χ0) is 22.9. The number of halogens is 2.